The summed E-state index contributed by atoms with van der Waals surface area (Å²) in [6, 6.07) is 7.77. The predicted molar refractivity (Wildman–Crippen MR) is 80.8 cm³/mol. The smallest absolute Gasteiger partial charge is 0.355 e. The number of rotatable bonds is 5. The fraction of sp³-hybridized carbons (Fsp3) is 0.143. The molecule has 0 fully saturated rings. The normalized spacial score (nSPS) is 10.7. The molecule has 0 aliphatic carbocycles. The molecule has 0 aliphatic heterocycles. The Kier molecular flexibility index (Phi) is 3.74. The lowest BCUT2D eigenvalue weighted by molar-refractivity contribution is 0.0691. The van der Waals surface area contributed by atoms with Crippen molar-refractivity contribution in [1.29, 1.82) is 0 Å². The number of benzene rings is 1. The van der Waals surface area contributed by atoms with Gasteiger partial charge in [0, 0.05) is 29.9 Å². The maximum Gasteiger partial charge on any atom is 0.355 e. The number of aromatic carboxylic acids is 1. The first-order valence-electron chi connectivity index (χ1n) is 6.36. The summed E-state index contributed by atoms with van der Waals surface area (Å²) in [5.74, 6) is -0.438. The number of hydrogen-bond acceptors (Lipinski definition) is 6. The van der Waals surface area contributed by atoms with Crippen molar-refractivity contribution in [3.05, 3.63) is 46.5 Å². The molecule has 0 saturated heterocycles. The number of anilines is 1. The van der Waals surface area contributed by atoms with Gasteiger partial charge in [-0.25, -0.2) is 19.7 Å². The summed E-state index contributed by atoms with van der Waals surface area (Å²) in [7, 11) is 0. The van der Waals surface area contributed by atoms with Gasteiger partial charge in [-0.05, 0) is 6.07 Å². The highest BCUT2D eigenvalue weighted by molar-refractivity contribution is 7.09. The van der Waals surface area contributed by atoms with Crippen LogP contribution in [-0.2, 0) is 6.42 Å². The van der Waals surface area contributed by atoms with E-state index in [0.717, 1.165) is 15.9 Å². The van der Waals surface area contributed by atoms with Crippen molar-refractivity contribution in [3.63, 3.8) is 0 Å². The van der Waals surface area contributed by atoms with Crippen LogP contribution in [0.15, 0.2) is 35.8 Å². The number of nitrogens with one attached hydrogen (secondary N) is 1. The summed E-state index contributed by atoms with van der Waals surface area (Å²) in [5.41, 5.74) is 0.981. The van der Waals surface area contributed by atoms with Crippen LogP contribution >= 0.6 is 11.3 Å². The van der Waals surface area contributed by atoms with Crippen LogP contribution in [0, 0.1) is 0 Å². The van der Waals surface area contributed by atoms with Gasteiger partial charge in [-0.3, -0.25) is 0 Å². The number of aromatic nitrogens is 3. The van der Waals surface area contributed by atoms with E-state index in [-0.39, 0.29) is 5.69 Å². The summed E-state index contributed by atoms with van der Waals surface area (Å²) in [6.07, 6.45) is 2.41. The van der Waals surface area contributed by atoms with Gasteiger partial charge in [-0.15, -0.1) is 11.3 Å². The van der Waals surface area contributed by atoms with E-state index in [1.54, 1.807) is 11.6 Å². The van der Waals surface area contributed by atoms with E-state index in [2.05, 4.69) is 20.3 Å². The van der Waals surface area contributed by atoms with Crippen molar-refractivity contribution in [2.45, 2.75) is 6.42 Å². The Balaban J connectivity index is 1.62. The number of fused-ring (bicyclic) bond motifs is 1. The Morgan fingerprint density at radius 1 is 1.29 bits per heavy atom. The van der Waals surface area contributed by atoms with Crippen LogP contribution in [0.4, 0.5) is 5.95 Å². The zero-order valence-corrected chi connectivity index (χ0v) is 11.8. The number of carbonyl (C=O) groups is 1. The number of carboxylic acid groups (broad SMARTS) is 1. The van der Waals surface area contributed by atoms with E-state index in [9.17, 15) is 4.79 Å². The van der Waals surface area contributed by atoms with E-state index >= 15 is 0 Å². The molecule has 0 unspecified atom stereocenters. The molecule has 1 aromatic carbocycles. The maximum absolute atomic E-state index is 10.7. The molecule has 21 heavy (non-hydrogen) atoms. The Morgan fingerprint density at radius 2 is 2.14 bits per heavy atom. The van der Waals surface area contributed by atoms with E-state index in [1.807, 2.05) is 24.3 Å². The van der Waals surface area contributed by atoms with Crippen molar-refractivity contribution < 1.29 is 9.90 Å². The van der Waals surface area contributed by atoms with Crippen LogP contribution in [0.1, 0.15) is 15.5 Å². The Morgan fingerprint density at radius 3 is 2.95 bits per heavy atom. The monoisotopic (exact) mass is 300 g/mol. The van der Waals surface area contributed by atoms with Crippen molar-refractivity contribution in [2.24, 2.45) is 0 Å². The lowest BCUT2D eigenvalue weighted by atomic mass is 10.2. The molecule has 3 aromatic rings. The minimum Gasteiger partial charge on any atom is -0.476 e. The third-order valence-electron chi connectivity index (χ3n) is 2.88. The SMILES string of the molecule is O=C(O)c1csc(CCNc2ncc3ccccc3n2)n1. The van der Waals surface area contributed by atoms with Crippen molar-refractivity contribution >= 4 is 34.2 Å². The summed E-state index contributed by atoms with van der Waals surface area (Å²) in [5, 5.41) is 15.3. The van der Waals surface area contributed by atoms with Gasteiger partial charge in [0.1, 0.15) is 0 Å². The molecule has 0 aliphatic rings. The minimum atomic E-state index is -0.997. The molecule has 106 valence electrons. The number of hydrogen-bond donors (Lipinski definition) is 2. The summed E-state index contributed by atoms with van der Waals surface area (Å²) in [6.45, 7) is 0.602. The highest BCUT2D eigenvalue weighted by atomic mass is 32.1. The molecule has 2 N–H and O–H groups in total. The molecule has 0 radical (unpaired) electrons. The van der Waals surface area contributed by atoms with Crippen LogP contribution in [0.3, 0.4) is 0 Å². The van der Waals surface area contributed by atoms with Gasteiger partial charge >= 0.3 is 5.97 Å². The molecular formula is C14H12N4O2S. The second-order valence-corrected chi connectivity index (χ2v) is 5.30. The summed E-state index contributed by atoms with van der Waals surface area (Å²) in [4.78, 5) is 23.4. The first kappa shape index (κ1) is 13.4. The van der Waals surface area contributed by atoms with E-state index in [4.69, 9.17) is 5.11 Å². The molecular weight excluding hydrogens is 288 g/mol. The van der Waals surface area contributed by atoms with Crippen LogP contribution < -0.4 is 5.32 Å². The largest absolute Gasteiger partial charge is 0.476 e. The van der Waals surface area contributed by atoms with Crippen LogP contribution in [0.5, 0.6) is 0 Å². The Bertz CT molecular complexity index is 787. The lowest BCUT2D eigenvalue weighted by Crippen LogP contribution is -2.08. The molecule has 6 nitrogen and oxygen atoms in total. The molecule has 0 amide bonds. The molecule has 3 rings (SSSR count). The minimum absolute atomic E-state index is 0.0944. The molecule has 0 atom stereocenters. The second-order valence-electron chi connectivity index (χ2n) is 4.36. The maximum atomic E-state index is 10.7. The molecule has 0 saturated carbocycles. The fourth-order valence-electron chi connectivity index (χ4n) is 1.86. The highest BCUT2D eigenvalue weighted by Gasteiger charge is 2.08. The standard InChI is InChI=1S/C14H12N4O2S/c19-13(20)11-8-21-12(17-11)5-6-15-14-16-7-9-3-1-2-4-10(9)18-14/h1-4,7-8H,5-6H2,(H,19,20)(H,15,16,18). The highest BCUT2D eigenvalue weighted by Crippen LogP contribution is 2.13. The zero-order valence-electron chi connectivity index (χ0n) is 11.0. The summed E-state index contributed by atoms with van der Waals surface area (Å²) < 4.78 is 0. The third-order valence-corrected chi connectivity index (χ3v) is 3.79. The van der Waals surface area contributed by atoms with Crippen molar-refractivity contribution in [3.8, 4) is 0 Å². The average Bonchev–Trinajstić information content (AvgIpc) is 2.96. The number of para-hydroxylation sites is 1. The van der Waals surface area contributed by atoms with Crippen LogP contribution in [0.2, 0.25) is 0 Å². The number of thiazole rings is 1. The van der Waals surface area contributed by atoms with Crippen molar-refractivity contribution in [2.75, 3.05) is 11.9 Å². The molecule has 2 heterocycles. The fourth-order valence-corrected chi connectivity index (χ4v) is 2.63. The first-order valence-corrected chi connectivity index (χ1v) is 7.24. The van der Waals surface area contributed by atoms with E-state index in [0.29, 0.717) is 18.9 Å². The van der Waals surface area contributed by atoms with Gasteiger partial charge in [-0.1, -0.05) is 18.2 Å². The van der Waals surface area contributed by atoms with Crippen LogP contribution in [0.25, 0.3) is 10.9 Å². The number of carboxylic acids is 1. The van der Waals surface area contributed by atoms with Gasteiger partial charge in [0.2, 0.25) is 5.95 Å². The van der Waals surface area contributed by atoms with Crippen LogP contribution in [-0.4, -0.2) is 32.6 Å². The molecule has 0 bridgehead atoms. The lowest BCUT2D eigenvalue weighted by Gasteiger charge is -2.04. The number of nitrogens with zero attached hydrogens (tertiary/aromatic N) is 3. The Hall–Kier alpha value is -2.54. The predicted octanol–water partition coefficient (Wildman–Crippen LogP) is 2.44. The average molecular weight is 300 g/mol. The molecule has 2 aromatic heterocycles. The van der Waals surface area contributed by atoms with Gasteiger partial charge < -0.3 is 10.4 Å². The zero-order chi connectivity index (χ0) is 14.7. The topological polar surface area (TPSA) is 88.0 Å². The van der Waals surface area contributed by atoms with E-state index in [1.165, 1.54) is 11.3 Å². The van der Waals surface area contributed by atoms with Crippen molar-refractivity contribution in [1.82, 2.24) is 15.0 Å². The molecule has 7 heteroatoms. The quantitative estimate of drug-likeness (QED) is 0.752. The second kappa shape index (κ2) is 5.84. The van der Waals surface area contributed by atoms with Gasteiger partial charge in [0.25, 0.3) is 0 Å². The third kappa shape index (κ3) is 3.14. The van der Waals surface area contributed by atoms with Gasteiger partial charge in [0.15, 0.2) is 5.69 Å². The first-order chi connectivity index (χ1) is 10.2. The summed E-state index contributed by atoms with van der Waals surface area (Å²) >= 11 is 1.34. The Labute approximate surface area is 124 Å². The van der Waals surface area contributed by atoms with E-state index < -0.39 is 5.97 Å². The molecule has 0 spiro atoms. The van der Waals surface area contributed by atoms with Gasteiger partial charge in [0.05, 0.1) is 10.5 Å². The van der Waals surface area contributed by atoms with Gasteiger partial charge in [-0.2, -0.15) is 0 Å².